The maximum absolute atomic E-state index is 13.4. The van der Waals surface area contributed by atoms with Crippen molar-refractivity contribution in [1.82, 2.24) is 24.1 Å². The van der Waals surface area contributed by atoms with E-state index in [1.165, 1.54) is 27.2 Å². The highest BCUT2D eigenvalue weighted by molar-refractivity contribution is 5.98. The first-order chi connectivity index (χ1) is 17.2. The number of aromatic nitrogens is 4. The summed E-state index contributed by atoms with van der Waals surface area (Å²) < 4.78 is 3.57. The second-order valence-corrected chi connectivity index (χ2v) is 8.70. The van der Waals surface area contributed by atoms with Gasteiger partial charge >= 0.3 is 5.69 Å². The minimum atomic E-state index is -0.604. The van der Waals surface area contributed by atoms with E-state index in [1.807, 2.05) is 39.0 Å². The number of para-hydroxylation sites is 1. The molecule has 0 saturated heterocycles. The lowest BCUT2D eigenvalue weighted by atomic mass is 10.1. The Morgan fingerprint density at radius 2 is 1.89 bits per heavy atom. The zero-order valence-electron chi connectivity index (χ0n) is 20.4. The van der Waals surface area contributed by atoms with Gasteiger partial charge < -0.3 is 10.6 Å². The van der Waals surface area contributed by atoms with Crippen LogP contribution in [0.4, 0.5) is 5.69 Å². The second kappa shape index (κ2) is 10.0. The molecule has 2 amide bonds. The van der Waals surface area contributed by atoms with Crippen molar-refractivity contribution < 1.29 is 9.59 Å². The van der Waals surface area contributed by atoms with E-state index in [2.05, 4.69) is 22.3 Å². The molecule has 2 N–H and O–H groups in total. The summed E-state index contributed by atoms with van der Waals surface area (Å²) in [6, 6.07) is 11.9. The van der Waals surface area contributed by atoms with Gasteiger partial charge in [-0.1, -0.05) is 31.2 Å². The van der Waals surface area contributed by atoms with Crippen molar-refractivity contribution in [3.63, 3.8) is 0 Å². The fourth-order valence-electron chi connectivity index (χ4n) is 4.08. The molecule has 36 heavy (non-hydrogen) atoms. The van der Waals surface area contributed by atoms with Gasteiger partial charge in [-0.3, -0.25) is 19.0 Å². The molecule has 0 radical (unpaired) electrons. The van der Waals surface area contributed by atoms with Crippen LogP contribution in [0.25, 0.3) is 16.7 Å². The van der Waals surface area contributed by atoms with E-state index in [4.69, 9.17) is 0 Å². The predicted octanol–water partition coefficient (Wildman–Crippen LogP) is 2.34. The molecule has 0 spiro atoms. The van der Waals surface area contributed by atoms with Gasteiger partial charge in [0, 0.05) is 23.8 Å². The predicted molar refractivity (Wildman–Crippen MR) is 138 cm³/mol. The largest absolute Gasteiger partial charge is 0.352 e. The number of rotatable bonds is 8. The number of hydrogen-bond donors (Lipinski definition) is 2. The maximum atomic E-state index is 13.4. The number of benzene rings is 2. The monoisotopic (exact) mass is 488 g/mol. The molecule has 0 aliphatic carbocycles. The molecule has 0 bridgehead atoms. The van der Waals surface area contributed by atoms with Crippen LogP contribution in [0.1, 0.15) is 36.7 Å². The third-order valence-corrected chi connectivity index (χ3v) is 5.74. The fraction of sp³-hybridized carbons (Fsp3) is 0.269. The van der Waals surface area contributed by atoms with Crippen molar-refractivity contribution in [2.45, 2.75) is 46.3 Å². The molecule has 186 valence electrons. The summed E-state index contributed by atoms with van der Waals surface area (Å²) in [5, 5.41) is 10.2. The lowest BCUT2D eigenvalue weighted by Crippen LogP contribution is -2.31. The van der Waals surface area contributed by atoms with Crippen LogP contribution >= 0.6 is 0 Å². The van der Waals surface area contributed by atoms with Gasteiger partial charge in [0.1, 0.15) is 6.54 Å². The SMILES string of the molecule is C=CCn1c(=O)c2ccc(C(=O)NC(C)C)cc2n2c(=O)n(CC(=O)Nc3ccccc3CC)nc12. The van der Waals surface area contributed by atoms with Gasteiger partial charge in [0.15, 0.2) is 0 Å². The number of nitrogens with zero attached hydrogens (tertiary/aromatic N) is 4. The van der Waals surface area contributed by atoms with Gasteiger partial charge in [-0.25, -0.2) is 13.9 Å². The smallest absolute Gasteiger partial charge is 0.350 e. The number of anilines is 1. The molecule has 0 unspecified atom stereocenters. The number of hydrogen-bond acceptors (Lipinski definition) is 5. The molecule has 0 saturated carbocycles. The van der Waals surface area contributed by atoms with Crippen LogP contribution in [0.3, 0.4) is 0 Å². The molecule has 4 aromatic rings. The first-order valence-corrected chi connectivity index (χ1v) is 11.7. The van der Waals surface area contributed by atoms with Crippen molar-refractivity contribution in [2.75, 3.05) is 5.32 Å². The van der Waals surface area contributed by atoms with E-state index < -0.39 is 11.6 Å². The van der Waals surface area contributed by atoms with E-state index in [0.717, 1.165) is 16.7 Å². The first kappa shape index (κ1) is 24.6. The van der Waals surface area contributed by atoms with Crippen LogP contribution in [0.5, 0.6) is 0 Å². The molecule has 0 aliphatic rings. The molecule has 0 aliphatic heterocycles. The molecule has 2 heterocycles. The normalized spacial score (nSPS) is 11.2. The summed E-state index contributed by atoms with van der Waals surface area (Å²) in [5.74, 6) is -0.703. The van der Waals surface area contributed by atoms with Crippen LogP contribution in [-0.2, 0) is 24.3 Å². The van der Waals surface area contributed by atoms with Crippen LogP contribution in [0, 0.1) is 0 Å². The summed E-state index contributed by atoms with van der Waals surface area (Å²) in [6.45, 7) is 9.11. The topological polar surface area (TPSA) is 120 Å². The van der Waals surface area contributed by atoms with Crippen molar-refractivity contribution in [2.24, 2.45) is 0 Å². The van der Waals surface area contributed by atoms with Crippen LogP contribution in [-0.4, -0.2) is 36.6 Å². The van der Waals surface area contributed by atoms with Gasteiger partial charge in [-0.2, -0.15) is 0 Å². The molecule has 10 heteroatoms. The Bertz CT molecular complexity index is 1610. The highest BCUT2D eigenvalue weighted by Gasteiger charge is 2.20. The Balaban J connectivity index is 1.84. The van der Waals surface area contributed by atoms with Gasteiger partial charge in [0.2, 0.25) is 11.7 Å². The molecule has 4 rings (SSSR count). The Labute approximate surface area is 206 Å². The third-order valence-electron chi connectivity index (χ3n) is 5.74. The van der Waals surface area contributed by atoms with Crippen molar-refractivity contribution in [3.8, 4) is 0 Å². The Morgan fingerprint density at radius 3 is 2.58 bits per heavy atom. The Kier molecular flexibility index (Phi) is 6.86. The number of fused-ring (bicyclic) bond motifs is 3. The summed E-state index contributed by atoms with van der Waals surface area (Å²) in [7, 11) is 0. The Morgan fingerprint density at radius 1 is 1.14 bits per heavy atom. The van der Waals surface area contributed by atoms with Gasteiger partial charge in [-0.05, 0) is 50.1 Å². The number of allylic oxidation sites excluding steroid dienone is 1. The molecule has 10 nitrogen and oxygen atoms in total. The van der Waals surface area contributed by atoms with E-state index in [1.54, 1.807) is 12.1 Å². The summed E-state index contributed by atoms with van der Waals surface area (Å²) in [6.07, 6.45) is 2.26. The van der Waals surface area contributed by atoms with E-state index in [9.17, 15) is 19.2 Å². The van der Waals surface area contributed by atoms with Crippen molar-refractivity contribution >= 4 is 34.2 Å². The highest BCUT2D eigenvalue weighted by atomic mass is 16.2. The third kappa shape index (κ3) is 4.57. The van der Waals surface area contributed by atoms with Crippen molar-refractivity contribution in [1.29, 1.82) is 0 Å². The second-order valence-electron chi connectivity index (χ2n) is 8.70. The molecule has 0 atom stereocenters. The van der Waals surface area contributed by atoms with Crippen LogP contribution in [0.2, 0.25) is 0 Å². The molecular formula is C26H28N6O4. The number of nitrogens with one attached hydrogen (secondary N) is 2. The minimum Gasteiger partial charge on any atom is -0.350 e. The maximum Gasteiger partial charge on any atom is 0.352 e. The van der Waals surface area contributed by atoms with Gasteiger partial charge in [0.25, 0.3) is 11.5 Å². The van der Waals surface area contributed by atoms with Crippen molar-refractivity contribution in [3.05, 3.63) is 87.1 Å². The minimum absolute atomic E-state index is 0.0561. The number of aryl methyl sites for hydroxylation is 1. The molecule has 0 fully saturated rings. The van der Waals surface area contributed by atoms with Crippen LogP contribution in [0.15, 0.2) is 64.7 Å². The summed E-state index contributed by atoms with van der Waals surface area (Å²) in [5.41, 5.74) is 1.18. The first-order valence-electron chi connectivity index (χ1n) is 11.7. The lowest BCUT2D eigenvalue weighted by Gasteiger charge is -2.11. The van der Waals surface area contributed by atoms with Gasteiger partial charge in [0.05, 0.1) is 10.9 Å². The quantitative estimate of drug-likeness (QED) is 0.369. The molecule has 2 aromatic heterocycles. The average molecular weight is 489 g/mol. The van der Waals surface area contributed by atoms with E-state index in [0.29, 0.717) is 11.3 Å². The lowest BCUT2D eigenvalue weighted by molar-refractivity contribution is -0.117. The number of carbonyl (C=O) groups excluding carboxylic acids is 2. The highest BCUT2D eigenvalue weighted by Crippen LogP contribution is 2.16. The number of amides is 2. The number of carbonyl (C=O) groups is 2. The van der Waals surface area contributed by atoms with E-state index in [-0.39, 0.29) is 47.3 Å². The van der Waals surface area contributed by atoms with Crippen LogP contribution < -0.4 is 21.9 Å². The zero-order valence-corrected chi connectivity index (χ0v) is 20.4. The fourth-order valence-corrected chi connectivity index (χ4v) is 4.08. The standard InChI is InChI=1S/C26H28N6O4/c1-5-13-30-24(35)19-12-11-18(23(34)27-16(3)4)14-21(19)32-25(30)29-31(26(32)36)15-22(33)28-20-10-8-7-9-17(20)6-2/h5,7-12,14,16H,1,6,13,15H2,2-4H3,(H,27,34)(H,28,33). The Hall–Kier alpha value is -4.47. The summed E-state index contributed by atoms with van der Waals surface area (Å²) in [4.78, 5) is 52.0. The zero-order chi connectivity index (χ0) is 26.0. The molecular weight excluding hydrogens is 460 g/mol. The molecule has 2 aromatic carbocycles. The summed E-state index contributed by atoms with van der Waals surface area (Å²) >= 11 is 0. The van der Waals surface area contributed by atoms with Gasteiger partial charge in [-0.15, -0.1) is 11.7 Å². The average Bonchev–Trinajstić information content (AvgIpc) is 3.16. The van der Waals surface area contributed by atoms with E-state index >= 15 is 0 Å².